The third-order valence-electron chi connectivity index (χ3n) is 1.33. The number of aromatic amines is 1. The molecule has 62 valence electrons. The molecule has 0 aliphatic carbocycles. The molecule has 0 atom stereocenters. The standard InChI is InChI=1S/C7H13N3S/c1-3-4-6-8-7(5-11-2)10-9-6/h3-5H2,1-2H3,(H,8,9,10). The highest BCUT2D eigenvalue weighted by atomic mass is 32.2. The molecule has 0 unspecified atom stereocenters. The van der Waals surface area contributed by atoms with Crippen molar-refractivity contribution in [1.82, 2.24) is 15.2 Å². The molecule has 1 aromatic rings. The van der Waals surface area contributed by atoms with E-state index < -0.39 is 0 Å². The highest BCUT2D eigenvalue weighted by Gasteiger charge is 1.99. The summed E-state index contributed by atoms with van der Waals surface area (Å²) in [5.74, 6) is 2.86. The van der Waals surface area contributed by atoms with Gasteiger partial charge >= 0.3 is 0 Å². The molecule has 11 heavy (non-hydrogen) atoms. The number of nitrogens with zero attached hydrogens (tertiary/aromatic N) is 2. The van der Waals surface area contributed by atoms with E-state index in [4.69, 9.17) is 0 Å². The lowest BCUT2D eigenvalue weighted by molar-refractivity contribution is 0.841. The predicted octanol–water partition coefficient (Wildman–Crippen LogP) is 1.62. The van der Waals surface area contributed by atoms with Crippen molar-refractivity contribution < 1.29 is 0 Å². The first-order valence-corrected chi connectivity index (χ1v) is 5.15. The summed E-state index contributed by atoms with van der Waals surface area (Å²) in [6, 6.07) is 0. The molecule has 0 amide bonds. The molecule has 1 heterocycles. The number of nitrogens with one attached hydrogen (secondary N) is 1. The zero-order chi connectivity index (χ0) is 8.10. The van der Waals surface area contributed by atoms with Gasteiger partial charge in [-0.3, -0.25) is 5.10 Å². The van der Waals surface area contributed by atoms with Gasteiger partial charge < -0.3 is 0 Å². The monoisotopic (exact) mass is 171 g/mol. The molecular weight excluding hydrogens is 158 g/mol. The second-order valence-corrected chi connectivity index (χ2v) is 3.25. The number of aryl methyl sites for hydroxylation is 1. The summed E-state index contributed by atoms with van der Waals surface area (Å²) in [4.78, 5) is 4.30. The largest absolute Gasteiger partial charge is 0.262 e. The molecule has 0 aliphatic rings. The van der Waals surface area contributed by atoms with E-state index in [1.54, 1.807) is 11.8 Å². The van der Waals surface area contributed by atoms with Gasteiger partial charge in [-0.05, 0) is 12.7 Å². The van der Waals surface area contributed by atoms with E-state index in [2.05, 4.69) is 28.4 Å². The van der Waals surface area contributed by atoms with Crippen molar-refractivity contribution in [2.45, 2.75) is 25.5 Å². The highest BCUT2D eigenvalue weighted by Crippen LogP contribution is 2.03. The van der Waals surface area contributed by atoms with Crippen LogP contribution in [0.3, 0.4) is 0 Å². The van der Waals surface area contributed by atoms with E-state index in [-0.39, 0.29) is 0 Å². The van der Waals surface area contributed by atoms with Crippen LogP contribution in [0.15, 0.2) is 0 Å². The van der Waals surface area contributed by atoms with Gasteiger partial charge in [-0.25, -0.2) is 4.98 Å². The van der Waals surface area contributed by atoms with E-state index >= 15 is 0 Å². The number of thioether (sulfide) groups is 1. The first-order chi connectivity index (χ1) is 5.36. The topological polar surface area (TPSA) is 41.6 Å². The Morgan fingerprint density at radius 2 is 2.36 bits per heavy atom. The van der Waals surface area contributed by atoms with Crippen LogP contribution in [0.25, 0.3) is 0 Å². The van der Waals surface area contributed by atoms with Crippen LogP contribution in [0.4, 0.5) is 0 Å². The minimum atomic E-state index is 0.927. The van der Waals surface area contributed by atoms with Gasteiger partial charge in [0.2, 0.25) is 0 Å². The molecule has 1 rings (SSSR count). The van der Waals surface area contributed by atoms with Gasteiger partial charge in [-0.2, -0.15) is 16.9 Å². The number of H-pyrrole nitrogens is 1. The lowest BCUT2D eigenvalue weighted by atomic mass is 10.3. The Hall–Kier alpha value is -0.510. The maximum Gasteiger partial charge on any atom is 0.150 e. The third-order valence-corrected chi connectivity index (χ3v) is 1.89. The van der Waals surface area contributed by atoms with E-state index in [0.717, 1.165) is 30.2 Å². The molecule has 0 aromatic carbocycles. The molecule has 0 bridgehead atoms. The molecule has 0 saturated carbocycles. The van der Waals surface area contributed by atoms with Crippen molar-refractivity contribution in [3.63, 3.8) is 0 Å². The summed E-state index contributed by atoms with van der Waals surface area (Å²) in [5, 5.41) is 6.98. The fourth-order valence-electron chi connectivity index (χ4n) is 0.872. The summed E-state index contributed by atoms with van der Waals surface area (Å²) in [5.41, 5.74) is 0. The lowest BCUT2D eigenvalue weighted by Crippen LogP contribution is -1.86. The van der Waals surface area contributed by atoms with Gasteiger partial charge in [0.1, 0.15) is 5.82 Å². The van der Waals surface area contributed by atoms with Crippen molar-refractivity contribution in [1.29, 1.82) is 0 Å². The molecule has 1 N–H and O–H groups in total. The number of rotatable bonds is 4. The van der Waals surface area contributed by atoms with Gasteiger partial charge in [0.05, 0.1) is 5.75 Å². The second-order valence-electron chi connectivity index (χ2n) is 2.38. The van der Waals surface area contributed by atoms with E-state index in [1.807, 2.05) is 0 Å². The van der Waals surface area contributed by atoms with Crippen molar-refractivity contribution in [3.8, 4) is 0 Å². The first-order valence-electron chi connectivity index (χ1n) is 3.76. The Kier molecular flexibility index (Phi) is 3.42. The zero-order valence-corrected chi connectivity index (χ0v) is 7.74. The number of hydrogen-bond donors (Lipinski definition) is 1. The first kappa shape index (κ1) is 8.59. The fraction of sp³-hybridized carbons (Fsp3) is 0.714. The minimum Gasteiger partial charge on any atom is -0.262 e. The van der Waals surface area contributed by atoms with Crippen molar-refractivity contribution in [3.05, 3.63) is 11.6 Å². The molecule has 0 aliphatic heterocycles. The predicted molar refractivity (Wildman–Crippen MR) is 47.6 cm³/mol. The fourth-order valence-corrected chi connectivity index (χ4v) is 1.27. The minimum absolute atomic E-state index is 0.927. The smallest absolute Gasteiger partial charge is 0.150 e. The van der Waals surface area contributed by atoms with Crippen LogP contribution in [0.5, 0.6) is 0 Å². The quantitative estimate of drug-likeness (QED) is 0.748. The summed E-state index contributed by atoms with van der Waals surface area (Å²) in [6.45, 7) is 2.13. The van der Waals surface area contributed by atoms with Crippen LogP contribution < -0.4 is 0 Å². The van der Waals surface area contributed by atoms with Gasteiger partial charge in [-0.1, -0.05) is 6.92 Å². The third kappa shape index (κ3) is 2.54. The average Bonchev–Trinajstić information content (AvgIpc) is 2.38. The molecule has 0 spiro atoms. The molecule has 0 radical (unpaired) electrons. The summed E-state index contributed by atoms with van der Waals surface area (Å²) < 4.78 is 0. The lowest BCUT2D eigenvalue weighted by Gasteiger charge is -1.87. The van der Waals surface area contributed by atoms with Crippen LogP contribution >= 0.6 is 11.8 Å². The SMILES string of the molecule is CCCc1n[nH]c(CSC)n1. The summed E-state index contributed by atoms with van der Waals surface area (Å²) >= 11 is 1.75. The maximum absolute atomic E-state index is 4.30. The molecule has 1 aromatic heterocycles. The molecule has 4 heteroatoms. The van der Waals surface area contributed by atoms with Crippen molar-refractivity contribution >= 4 is 11.8 Å². The van der Waals surface area contributed by atoms with E-state index in [0.29, 0.717) is 0 Å². The van der Waals surface area contributed by atoms with Crippen LogP contribution in [-0.4, -0.2) is 21.4 Å². The number of hydrogen-bond acceptors (Lipinski definition) is 3. The highest BCUT2D eigenvalue weighted by molar-refractivity contribution is 7.97. The van der Waals surface area contributed by atoms with Gasteiger partial charge in [-0.15, -0.1) is 0 Å². The Balaban J connectivity index is 2.51. The van der Waals surface area contributed by atoms with Crippen LogP contribution in [-0.2, 0) is 12.2 Å². The van der Waals surface area contributed by atoms with Crippen LogP contribution in [0, 0.1) is 0 Å². The van der Waals surface area contributed by atoms with Crippen LogP contribution in [0.1, 0.15) is 25.0 Å². The van der Waals surface area contributed by atoms with Crippen LogP contribution in [0.2, 0.25) is 0 Å². The van der Waals surface area contributed by atoms with E-state index in [9.17, 15) is 0 Å². The van der Waals surface area contributed by atoms with E-state index in [1.165, 1.54) is 0 Å². The molecule has 0 saturated heterocycles. The number of aromatic nitrogens is 3. The molecule has 0 fully saturated rings. The Bertz CT molecular complexity index is 189. The zero-order valence-electron chi connectivity index (χ0n) is 6.92. The Labute approximate surface area is 71.0 Å². The molecular formula is C7H13N3S. The second kappa shape index (κ2) is 4.38. The van der Waals surface area contributed by atoms with Crippen molar-refractivity contribution in [2.24, 2.45) is 0 Å². The van der Waals surface area contributed by atoms with Gasteiger partial charge in [0.15, 0.2) is 5.82 Å². The maximum atomic E-state index is 4.30. The Morgan fingerprint density at radius 1 is 1.55 bits per heavy atom. The normalized spacial score (nSPS) is 10.4. The van der Waals surface area contributed by atoms with Crippen molar-refractivity contribution in [2.75, 3.05) is 6.26 Å². The average molecular weight is 171 g/mol. The van der Waals surface area contributed by atoms with Gasteiger partial charge in [0.25, 0.3) is 0 Å². The Morgan fingerprint density at radius 3 is 3.00 bits per heavy atom. The summed E-state index contributed by atoms with van der Waals surface area (Å²) in [6.07, 6.45) is 4.14. The summed E-state index contributed by atoms with van der Waals surface area (Å²) in [7, 11) is 0. The van der Waals surface area contributed by atoms with Gasteiger partial charge in [0, 0.05) is 6.42 Å². The molecule has 3 nitrogen and oxygen atoms in total.